The zero-order valence-corrected chi connectivity index (χ0v) is 10.4. The Bertz CT molecular complexity index is 315. The lowest BCUT2D eigenvalue weighted by Gasteiger charge is -2.59. The summed E-state index contributed by atoms with van der Waals surface area (Å²) in [5.41, 5.74) is 0. The van der Waals surface area contributed by atoms with Crippen molar-refractivity contribution < 1.29 is 4.79 Å². The third-order valence-electron chi connectivity index (χ3n) is 4.98. The van der Waals surface area contributed by atoms with Crippen LogP contribution in [0.5, 0.6) is 0 Å². The van der Waals surface area contributed by atoms with E-state index < -0.39 is 0 Å². The van der Waals surface area contributed by atoms with Crippen LogP contribution in [0.25, 0.3) is 0 Å². The average molecular weight is 222 g/mol. The maximum Gasteiger partial charge on any atom is 0.219 e. The van der Waals surface area contributed by atoms with Crippen molar-refractivity contribution in [2.75, 3.05) is 6.54 Å². The van der Waals surface area contributed by atoms with Gasteiger partial charge in [0, 0.05) is 31.1 Å². The predicted molar refractivity (Wildman–Crippen MR) is 62.9 cm³/mol. The summed E-state index contributed by atoms with van der Waals surface area (Å²) in [5.74, 6) is 2.87. The van der Waals surface area contributed by atoms with E-state index in [1.807, 2.05) is 6.92 Å². The summed E-state index contributed by atoms with van der Waals surface area (Å²) in [6.45, 7) is 7.75. The normalized spacial score (nSPS) is 44.9. The zero-order chi connectivity index (χ0) is 11.4. The largest absolute Gasteiger partial charge is 0.352 e. The Kier molecular flexibility index (Phi) is 2.29. The molecule has 2 aliphatic carbocycles. The van der Waals surface area contributed by atoms with Gasteiger partial charge < -0.3 is 5.32 Å². The van der Waals surface area contributed by atoms with E-state index in [0.717, 1.165) is 17.8 Å². The number of carbonyl (C=O) groups excluding carboxylic acids is 1. The van der Waals surface area contributed by atoms with Crippen molar-refractivity contribution in [1.82, 2.24) is 10.2 Å². The molecular weight excluding hydrogens is 200 g/mol. The summed E-state index contributed by atoms with van der Waals surface area (Å²) >= 11 is 0. The van der Waals surface area contributed by atoms with Crippen LogP contribution >= 0.6 is 0 Å². The lowest BCUT2D eigenvalue weighted by Crippen LogP contribution is -2.70. The Morgan fingerprint density at radius 3 is 2.88 bits per heavy atom. The van der Waals surface area contributed by atoms with Crippen LogP contribution in [0, 0.1) is 17.8 Å². The van der Waals surface area contributed by atoms with Gasteiger partial charge in [0.1, 0.15) is 0 Å². The number of rotatable bonds is 3. The number of likely N-dealkylation sites (tertiary alicyclic amines) is 1. The quantitative estimate of drug-likeness (QED) is 0.779. The lowest BCUT2D eigenvalue weighted by molar-refractivity contribution is -0.129. The molecule has 5 atom stereocenters. The van der Waals surface area contributed by atoms with Crippen molar-refractivity contribution in [3.05, 3.63) is 0 Å². The van der Waals surface area contributed by atoms with Crippen LogP contribution in [0.4, 0.5) is 0 Å². The fourth-order valence-electron chi connectivity index (χ4n) is 4.13. The second-order valence-corrected chi connectivity index (χ2v) is 5.96. The molecule has 3 nitrogen and oxygen atoms in total. The predicted octanol–water partition coefficient (Wildman–Crippen LogP) is 1.24. The Morgan fingerprint density at radius 2 is 2.25 bits per heavy atom. The smallest absolute Gasteiger partial charge is 0.219 e. The van der Waals surface area contributed by atoms with E-state index in [2.05, 4.69) is 24.1 Å². The molecule has 1 unspecified atom stereocenters. The van der Waals surface area contributed by atoms with Crippen molar-refractivity contribution in [3.63, 3.8) is 0 Å². The van der Waals surface area contributed by atoms with Crippen LogP contribution in [0.2, 0.25) is 0 Å². The first kappa shape index (κ1) is 10.6. The van der Waals surface area contributed by atoms with Crippen LogP contribution in [0.3, 0.4) is 0 Å². The summed E-state index contributed by atoms with van der Waals surface area (Å²) in [7, 11) is 0. The Hall–Kier alpha value is -0.570. The maximum atomic E-state index is 11.5. The van der Waals surface area contributed by atoms with E-state index in [0.29, 0.717) is 24.5 Å². The molecule has 3 fully saturated rings. The molecule has 1 N–H and O–H groups in total. The van der Waals surface area contributed by atoms with Gasteiger partial charge in [-0.2, -0.15) is 0 Å². The fraction of sp³-hybridized carbons (Fsp3) is 0.923. The first-order valence-corrected chi connectivity index (χ1v) is 6.68. The topological polar surface area (TPSA) is 32.3 Å². The van der Waals surface area contributed by atoms with Crippen molar-refractivity contribution in [2.45, 2.75) is 51.7 Å². The lowest BCUT2D eigenvalue weighted by atomic mass is 9.50. The van der Waals surface area contributed by atoms with Gasteiger partial charge in [0.15, 0.2) is 0 Å². The van der Waals surface area contributed by atoms with E-state index in [9.17, 15) is 4.79 Å². The number of amides is 1. The maximum absolute atomic E-state index is 11.5. The van der Waals surface area contributed by atoms with Crippen LogP contribution in [-0.2, 0) is 4.79 Å². The van der Waals surface area contributed by atoms with Gasteiger partial charge in [-0.1, -0.05) is 6.92 Å². The van der Waals surface area contributed by atoms with Crippen molar-refractivity contribution in [2.24, 2.45) is 17.8 Å². The monoisotopic (exact) mass is 222 g/mol. The molecule has 1 heterocycles. The van der Waals surface area contributed by atoms with Gasteiger partial charge in [-0.3, -0.25) is 9.69 Å². The highest BCUT2D eigenvalue weighted by Crippen LogP contribution is 2.61. The Morgan fingerprint density at radius 1 is 1.50 bits per heavy atom. The molecule has 2 saturated carbocycles. The molecule has 1 aliphatic heterocycles. The van der Waals surface area contributed by atoms with Crippen LogP contribution < -0.4 is 5.32 Å². The van der Waals surface area contributed by atoms with E-state index in [1.54, 1.807) is 0 Å². The highest BCUT2D eigenvalue weighted by Gasteiger charge is 2.67. The van der Waals surface area contributed by atoms with Gasteiger partial charge >= 0.3 is 0 Å². The van der Waals surface area contributed by atoms with E-state index in [1.165, 1.54) is 13.0 Å². The molecule has 0 aromatic rings. The molecule has 90 valence electrons. The number of nitrogens with zero attached hydrogens (tertiary/aromatic N) is 1. The van der Waals surface area contributed by atoms with Crippen molar-refractivity contribution in [1.29, 1.82) is 0 Å². The summed E-state index contributed by atoms with van der Waals surface area (Å²) in [6.07, 6.45) is 1.96. The summed E-state index contributed by atoms with van der Waals surface area (Å²) in [5, 5.41) is 3.23. The van der Waals surface area contributed by atoms with Gasteiger partial charge in [0.25, 0.3) is 0 Å². The third kappa shape index (κ3) is 1.21. The molecule has 1 saturated heterocycles. The van der Waals surface area contributed by atoms with Gasteiger partial charge in [-0.15, -0.1) is 0 Å². The number of nitrogens with one attached hydrogen (secondary N) is 1. The number of carbonyl (C=O) groups is 1. The van der Waals surface area contributed by atoms with E-state index in [-0.39, 0.29) is 5.91 Å². The number of hydrogen-bond acceptors (Lipinski definition) is 2. The minimum Gasteiger partial charge on any atom is -0.352 e. The molecule has 3 rings (SSSR count). The van der Waals surface area contributed by atoms with Gasteiger partial charge in [-0.25, -0.2) is 0 Å². The Balaban J connectivity index is 1.71. The second kappa shape index (κ2) is 3.46. The van der Waals surface area contributed by atoms with Gasteiger partial charge in [-0.05, 0) is 38.0 Å². The van der Waals surface area contributed by atoms with Crippen molar-refractivity contribution >= 4 is 5.91 Å². The van der Waals surface area contributed by atoms with Crippen molar-refractivity contribution in [3.8, 4) is 0 Å². The molecule has 3 heteroatoms. The highest BCUT2D eigenvalue weighted by atomic mass is 16.1. The van der Waals surface area contributed by atoms with Crippen LogP contribution in [0.15, 0.2) is 0 Å². The third-order valence-corrected chi connectivity index (χ3v) is 4.98. The first-order chi connectivity index (χ1) is 7.63. The minimum atomic E-state index is 0.225. The summed E-state index contributed by atoms with van der Waals surface area (Å²) in [6, 6.07) is 1.73. The first-order valence-electron chi connectivity index (χ1n) is 6.68. The molecule has 0 aromatic carbocycles. The van der Waals surface area contributed by atoms with Crippen LogP contribution in [-0.4, -0.2) is 35.5 Å². The molecule has 0 aromatic heterocycles. The molecule has 1 amide bonds. The molecule has 3 aliphatic rings. The molecule has 0 radical (unpaired) electrons. The second-order valence-electron chi connectivity index (χ2n) is 5.96. The highest BCUT2D eigenvalue weighted by molar-refractivity contribution is 5.76. The molecular formula is C13H22N2O. The summed E-state index contributed by atoms with van der Waals surface area (Å²) < 4.78 is 0. The van der Waals surface area contributed by atoms with Gasteiger partial charge in [0.2, 0.25) is 5.91 Å². The molecule has 16 heavy (non-hydrogen) atoms. The number of hydrogen-bond donors (Lipinski definition) is 1. The van der Waals surface area contributed by atoms with E-state index >= 15 is 0 Å². The Labute approximate surface area is 97.6 Å². The average Bonchev–Trinajstić information content (AvgIpc) is 2.35. The van der Waals surface area contributed by atoms with E-state index in [4.69, 9.17) is 0 Å². The van der Waals surface area contributed by atoms with Gasteiger partial charge in [0.05, 0.1) is 0 Å². The summed E-state index contributed by atoms with van der Waals surface area (Å²) in [4.78, 5) is 14.1. The standard InChI is InChI=1S/C13H22N2O/c1-4-10(16)14-12-9-5-8-6-15(7(2)3)13(12)11(8)9/h7-9,11-13H,4-6H2,1-3H3,(H,14,16)/t8-,9?,11+,12+,13+/m1/s1. The van der Waals surface area contributed by atoms with Crippen LogP contribution in [0.1, 0.15) is 33.6 Å². The fourth-order valence-corrected chi connectivity index (χ4v) is 4.13. The zero-order valence-electron chi connectivity index (χ0n) is 10.4. The SMILES string of the molecule is CCC(=O)N[C@H]1C2C[C@@H]3CN(C(C)C)[C@H]1[C@H]23. The molecule has 0 spiro atoms. The minimum absolute atomic E-state index is 0.225. The molecule has 0 bridgehead atoms.